The van der Waals surface area contributed by atoms with E-state index in [1.165, 1.54) is 0 Å². The molecule has 1 saturated carbocycles. The van der Waals surface area contributed by atoms with Crippen molar-refractivity contribution >= 4 is 11.8 Å². The Balaban J connectivity index is 2.60. The molecule has 0 aromatic carbocycles. The van der Waals surface area contributed by atoms with Gasteiger partial charge in [0.1, 0.15) is 0 Å². The molecule has 1 aliphatic rings. The summed E-state index contributed by atoms with van der Waals surface area (Å²) in [6.45, 7) is 4.18. The van der Waals surface area contributed by atoms with Gasteiger partial charge in [0.2, 0.25) is 11.8 Å². The lowest BCUT2D eigenvalue weighted by atomic mass is 9.78. The second-order valence-corrected chi connectivity index (χ2v) is 5.90. The van der Waals surface area contributed by atoms with E-state index in [-0.39, 0.29) is 24.2 Å². The van der Waals surface area contributed by atoms with E-state index < -0.39 is 11.4 Å². The first kappa shape index (κ1) is 15.0. The van der Waals surface area contributed by atoms with E-state index in [1.54, 1.807) is 0 Å². The number of amides is 2. The van der Waals surface area contributed by atoms with Crippen molar-refractivity contribution in [2.75, 3.05) is 6.54 Å². The second kappa shape index (κ2) is 6.18. The first-order valence-corrected chi connectivity index (χ1v) is 6.66. The topological polar surface area (TPSA) is 98.2 Å². The van der Waals surface area contributed by atoms with Crippen LogP contribution in [0.25, 0.3) is 0 Å². The smallest absolute Gasteiger partial charge is 0.223 e. The molecule has 104 valence electrons. The minimum absolute atomic E-state index is 0.0106. The Morgan fingerprint density at radius 1 is 1.28 bits per heavy atom. The van der Waals surface area contributed by atoms with Crippen molar-refractivity contribution in [3.63, 3.8) is 0 Å². The zero-order valence-electron chi connectivity index (χ0n) is 11.4. The summed E-state index contributed by atoms with van der Waals surface area (Å²) in [5, 5.41) is 2.93. The van der Waals surface area contributed by atoms with Gasteiger partial charge in [-0.05, 0) is 39.2 Å². The maximum atomic E-state index is 12.2. The SMILES string of the molecule is CC(C)(CC(N)=O)NC(=O)C1CCCCC1CN. The van der Waals surface area contributed by atoms with Gasteiger partial charge in [-0.15, -0.1) is 0 Å². The summed E-state index contributed by atoms with van der Waals surface area (Å²) < 4.78 is 0. The summed E-state index contributed by atoms with van der Waals surface area (Å²) in [4.78, 5) is 23.2. The van der Waals surface area contributed by atoms with Crippen LogP contribution >= 0.6 is 0 Å². The van der Waals surface area contributed by atoms with Gasteiger partial charge in [-0.3, -0.25) is 9.59 Å². The van der Waals surface area contributed by atoms with Crippen LogP contribution in [-0.2, 0) is 9.59 Å². The van der Waals surface area contributed by atoms with Crippen LogP contribution < -0.4 is 16.8 Å². The quantitative estimate of drug-likeness (QED) is 0.668. The fourth-order valence-corrected chi connectivity index (χ4v) is 2.74. The average molecular weight is 255 g/mol. The molecule has 0 aromatic rings. The van der Waals surface area contributed by atoms with Crippen LogP contribution in [-0.4, -0.2) is 23.9 Å². The van der Waals surface area contributed by atoms with Crippen molar-refractivity contribution in [3.8, 4) is 0 Å². The van der Waals surface area contributed by atoms with E-state index in [4.69, 9.17) is 11.5 Å². The zero-order chi connectivity index (χ0) is 13.8. The van der Waals surface area contributed by atoms with E-state index in [0.29, 0.717) is 6.54 Å². The number of carbonyl (C=O) groups excluding carboxylic acids is 2. The minimum Gasteiger partial charge on any atom is -0.370 e. The molecule has 0 bridgehead atoms. The molecule has 5 nitrogen and oxygen atoms in total. The third-order valence-electron chi connectivity index (χ3n) is 3.63. The number of hydrogen-bond donors (Lipinski definition) is 3. The van der Waals surface area contributed by atoms with Gasteiger partial charge in [-0.25, -0.2) is 0 Å². The second-order valence-electron chi connectivity index (χ2n) is 5.90. The van der Waals surface area contributed by atoms with Gasteiger partial charge in [-0.2, -0.15) is 0 Å². The fraction of sp³-hybridized carbons (Fsp3) is 0.846. The lowest BCUT2D eigenvalue weighted by molar-refractivity contribution is -0.129. The van der Waals surface area contributed by atoms with Crippen LogP contribution in [0, 0.1) is 11.8 Å². The lowest BCUT2D eigenvalue weighted by Gasteiger charge is -2.33. The minimum atomic E-state index is -0.584. The monoisotopic (exact) mass is 255 g/mol. The third kappa shape index (κ3) is 4.29. The Kier molecular flexibility index (Phi) is 5.14. The molecular formula is C13H25N3O2. The van der Waals surface area contributed by atoms with Crippen LogP contribution in [0.1, 0.15) is 46.0 Å². The van der Waals surface area contributed by atoms with Gasteiger partial charge in [-0.1, -0.05) is 12.8 Å². The summed E-state index contributed by atoms with van der Waals surface area (Å²) in [5.41, 5.74) is 10.3. The molecule has 0 aromatic heterocycles. The molecule has 2 atom stereocenters. The van der Waals surface area contributed by atoms with Crippen LogP contribution in [0.5, 0.6) is 0 Å². The van der Waals surface area contributed by atoms with Crippen LogP contribution in [0.4, 0.5) is 0 Å². The van der Waals surface area contributed by atoms with Crippen molar-refractivity contribution in [2.45, 2.75) is 51.5 Å². The molecule has 18 heavy (non-hydrogen) atoms. The molecular weight excluding hydrogens is 230 g/mol. The van der Waals surface area contributed by atoms with Gasteiger partial charge >= 0.3 is 0 Å². The van der Waals surface area contributed by atoms with E-state index in [2.05, 4.69) is 5.32 Å². The fourth-order valence-electron chi connectivity index (χ4n) is 2.74. The molecule has 2 amide bonds. The predicted molar refractivity (Wildman–Crippen MR) is 70.5 cm³/mol. The molecule has 2 unspecified atom stereocenters. The van der Waals surface area contributed by atoms with Gasteiger partial charge in [0.05, 0.1) is 0 Å². The maximum absolute atomic E-state index is 12.2. The van der Waals surface area contributed by atoms with Gasteiger partial charge in [0, 0.05) is 17.9 Å². The van der Waals surface area contributed by atoms with Crippen LogP contribution in [0.3, 0.4) is 0 Å². The van der Waals surface area contributed by atoms with Gasteiger partial charge < -0.3 is 16.8 Å². The molecule has 0 aliphatic heterocycles. The van der Waals surface area contributed by atoms with Gasteiger partial charge in [0.25, 0.3) is 0 Å². The average Bonchev–Trinajstić information content (AvgIpc) is 2.26. The number of rotatable bonds is 5. The van der Waals surface area contributed by atoms with Crippen molar-refractivity contribution in [3.05, 3.63) is 0 Å². The van der Waals surface area contributed by atoms with Crippen LogP contribution in [0.15, 0.2) is 0 Å². The van der Waals surface area contributed by atoms with E-state index in [9.17, 15) is 9.59 Å². The standard InChI is InChI=1S/C13H25N3O2/c1-13(2,7-11(15)17)16-12(18)10-6-4-3-5-9(10)8-14/h9-10H,3-8,14H2,1-2H3,(H2,15,17)(H,16,18). The Morgan fingerprint density at radius 2 is 1.89 bits per heavy atom. The Hall–Kier alpha value is -1.10. The van der Waals surface area contributed by atoms with Crippen molar-refractivity contribution in [1.29, 1.82) is 0 Å². The molecule has 1 fully saturated rings. The van der Waals surface area contributed by atoms with Gasteiger partial charge in [0.15, 0.2) is 0 Å². The number of nitrogens with one attached hydrogen (secondary N) is 1. The summed E-state index contributed by atoms with van der Waals surface area (Å²) >= 11 is 0. The maximum Gasteiger partial charge on any atom is 0.223 e. The summed E-state index contributed by atoms with van der Waals surface area (Å²) in [6.07, 6.45) is 4.28. The lowest BCUT2D eigenvalue weighted by Crippen LogP contribution is -2.50. The molecule has 5 N–H and O–H groups in total. The van der Waals surface area contributed by atoms with Crippen molar-refractivity contribution < 1.29 is 9.59 Å². The van der Waals surface area contributed by atoms with E-state index in [0.717, 1.165) is 25.7 Å². The first-order chi connectivity index (χ1) is 8.35. The summed E-state index contributed by atoms with van der Waals surface area (Å²) in [6, 6.07) is 0. The Bertz CT molecular complexity index is 315. The molecule has 0 radical (unpaired) electrons. The molecule has 1 rings (SSSR count). The number of hydrogen-bond acceptors (Lipinski definition) is 3. The molecule has 0 heterocycles. The predicted octanol–water partition coefficient (Wildman–Crippen LogP) is 0.522. The molecule has 1 aliphatic carbocycles. The highest BCUT2D eigenvalue weighted by molar-refractivity contribution is 5.81. The highest BCUT2D eigenvalue weighted by Crippen LogP contribution is 2.30. The first-order valence-electron chi connectivity index (χ1n) is 6.66. The number of carbonyl (C=O) groups is 2. The summed E-state index contributed by atoms with van der Waals surface area (Å²) in [5.74, 6) is -0.144. The Labute approximate surface area is 109 Å². The zero-order valence-corrected chi connectivity index (χ0v) is 11.4. The molecule has 5 heteroatoms. The number of nitrogens with two attached hydrogens (primary N) is 2. The van der Waals surface area contributed by atoms with Crippen molar-refractivity contribution in [2.24, 2.45) is 23.3 Å². The van der Waals surface area contributed by atoms with Crippen LogP contribution in [0.2, 0.25) is 0 Å². The van der Waals surface area contributed by atoms with E-state index >= 15 is 0 Å². The van der Waals surface area contributed by atoms with Crippen molar-refractivity contribution in [1.82, 2.24) is 5.32 Å². The number of primary amides is 1. The summed E-state index contributed by atoms with van der Waals surface area (Å²) in [7, 11) is 0. The third-order valence-corrected chi connectivity index (χ3v) is 3.63. The largest absolute Gasteiger partial charge is 0.370 e. The molecule has 0 spiro atoms. The molecule has 0 saturated heterocycles. The van der Waals surface area contributed by atoms with E-state index in [1.807, 2.05) is 13.8 Å². The highest BCUT2D eigenvalue weighted by Gasteiger charge is 2.33. The normalized spacial score (nSPS) is 24.6. The highest BCUT2D eigenvalue weighted by atomic mass is 16.2. The Morgan fingerprint density at radius 3 is 2.44 bits per heavy atom.